The highest BCUT2D eigenvalue weighted by Crippen LogP contribution is 2.32. The molecule has 6 nitrogen and oxygen atoms in total. The van der Waals surface area contributed by atoms with E-state index >= 15 is 0 Å². The van der Waals surface area contributed by atoms with Gasteiger partial charge in [-0.2, -0.15) is 0 Å². The van der Waals surface area contributed by atoms with Gasteiger partial charge in [-0.3, -0.25) is 19.7 Å². The summed E-state index contributed by atoms with van der Waals surface area (Å²) in [6.45, 7) is 2.35. The second kappa shape index (κ2) is 7.29. The van der Waals surface area contributed by atoms with Gasteiger partial charge in [0, 0.05) is 44.3 Å². The molecular weight excluding hydrogens is 316 g/mol. The summed E-state index contributed by atoms with van der Waals surface area (Å²) < 4.78 is 5.91. The number of fused-ring (bicyclic) bond motifs is 1. The molecule has 0 bridgehead atoms. The third-order valence-electron chi connectivity index (χ3n) is 5.05. The molecule has 0 radical (unpaired) electrons. The second-order valence-corrected chi connectivity index (χ2v) is 6.71. The Labute approximate surface area is 147 Å². The highest BCUT2D eigenvalue weighted by molar-refractivity contribution is 5.92. The molecule has 0 spiro atoms. The van der Waals surface area contributed by atoms with Gasteiger partial charge in [-0.25, -0.2) is 0 Å². The summed E-state index contributed by atoms with van der Waals surface area (Å²) >= 11 is 0. The molecule has 2 aromatic rings. The van der Waals surface area contributed by atoms with Gasteiger partial charge in [0.25, 0.3) is 0 Å². The van der Waals surface area contributed by atoms with Crippen LogP contribution in [0.2, 0.25) is 0 Å². The highest BCUT2D eigenvalue weighted by Gasteiger charge is 2.42. The number of carbonyl (C=O) groups excluding carboxylic acids is 1. The molecule has 2 fully saturated rings. The van der Waals surface area contributed by atoms with E-state index in [1.165, 1.54) is 5.56 Å². The first-order chi connectivity index (χ1) is 12.3. The van der Waals surface area contributed by atoms with Crippen molar-refractivity contribution in [2.75, 3.05) is 18.5 Å². The Morgan fingerprint density at radius 2 is 2.12 bits per heavy atom. The average molecular weight is 338 g/mol. The van der Waals surface area contributed by atoms with Crippen molar-refractivity contribution in [2.45, 2.75) is 31.5 Å². The molecule has 25 heavy (non-hydrogen) atoms. The summed E-state index contributed by atoms with van der Waals surface area (Å²) in [4.78, 5) is 23.2. The average Bonchev–Trinajstić information content (AvgIpc) is 3.12. The van der Waals surface area contributed by atoms with Crippen LogP contribution in [0.4, 0.5) is 5.69 Å². The van der Waals surface area contributed by atoms with Crippen molar-refractivity contribution in [3.8, 4) is 0 Å². The zero-order valence-corrected chi connectivity index (χ0v) is 14.0. The van der Waals surface area contributed by atoms with E-state index in [0.717, 1.165) is 38.2 Å². The van der Waals surface area contributed by atoms with Crippen molar-refractivity contribution < 1.29 is 9.53 Å². The molecule has 6 heteroatoms. The first-order valence-electron chi connectivity index (χ1n) is 8.75. The van der Waals surface area contributed by atoms with Crippen LogP contribution in [0.5, 0.6) is 0 Å². The molecular formula is C19H22N4O2. The molecule has 0 saturated carbocycles. The lowest BCUT2D eigenvalue weighted by atomic mass is 9.89. The van der Waals surface area contributed by atoms with Crippen LogP contribution in [0.1, 0.15) is 18.4 Å². The van der Waals surface area contributed by atoms with E-state index in [4.69, 9.17) is 4.74 Å². The number of hydrogen-bond acceptors (Lipinski definition) is 5. The van der Waals surface area contributed by atoms with E-state index in [-0.39, 0.29) is 17.9 Å². The fourth-order valence-electron chi connectivity index (χ4n) is 3.83. The van der Waals surface area contributed by atoms with Gasteiger partial charge in [0.05, 0.1) is 23.9 Å². The van der Waals surface area contributed by atoms with Crippen molar-refractivity contribution in [2.24, 2.45) is 5.92 Å². The highest BCUT2D eigenvalue weighted by atomic mass is 16.5. The Morgan fingerprint density at radius 3 is 2.92 bits per heavy atom. The lowest BCUT2D eigenvalue weighted by molar-refractivity contribution is -0.124. The maximum absolute atomic E-state index is 12.7. The van der Waals surface area contributed by atoms with E-state index in [2.05, 4.69) is 20.2 Å². The number of aromatic nitrogens is 2. The van der Waals surface area contributed by atoms with E-state index in [9.17, 15) is 4.79 Å². The number of piperidine rings is 1. The second-order valence-electron chi connectivity index (χ2n) is 6.71. The van der Waals surface area contributed by atoms with Crippen LogP contribution in [0.25, 0.3) is 0 Å². The van der Waals surface area contributed by atoms with E-state index in [1.54, 1.807) is 12.4 Å². The van der Waals surface area contributed by atoms with Gasteiger partial charge in [0.1, 0.15) is 0 Å². The number of nitrogens with one attached hydrogen (secondary N) is 1. The van der Waals surface area contributed by atoms with Crippen LogP contribution in [0.15, 0.2) is 49.1 Å². The Balaban J connectivity index is 1.47. The number of ether oxygens (including phenoxy) is 1. The number of hydrogen-bond donors (Lipinski definition) is 1. The molecule has 3 atom stereocenters. The smallest absolute Gasteiger partial charge is 0.228 e. The summed E-state index contributed by atoms with van der Waals surface area (Å²) in [7, 11) is 0. The first kappa shape index (κ1) is 16.2. The Hall–Kier alpha value is -2.31. The van der Waals surface area contributed by atoms with Gasteiger partial charge in [-0.15, -0.1) is 0 Å². The molecule has 2 aliphatic rings. The molecule has 0 aliphatic carbocycles. The predicted octanol–water partition coefficient (Wildman–Crippen LogP) is 2.09. The van der Waals surface area contributed by atoms with Crippen molar-refractivity contribution in [1.82, 2.24) is 14.9 Å². The monoisotopic (exact) mass is 338 g/mol. The zero-order valence-electron chi connectivity index (χ0n) is 14.0. The van der Waals surface area contributed by atoms with Crippen LogP contribution in [-0.2, 0) is 16.1 Å². The van der Waals surface area contributed by atoms with E-state index < -0.39 is 0 Å². The molecule has 0 aromatic carbocycles. The maximum atomic E-state index is 12.7. The molecule has 1 amide bonds. The van der Waals surface area contributed by atoms with E-state index in [0.29, 0.717) is 6.04 Å². The molecule has 4 heterocycles. The molecule has 2 saturated heterocycles. The van der Waals surface area contributed by atoms with Crippen LogP contribution >= 0.6 is 0 Å². The fraction of sp³-hybridized carbons (Fsp3) is 0.421. The minimum Gasteiger partial charge on any atom is -0.377 e. The number of carbonyl (C=O) groups is 1. The van der Waals surface area contributed by atoms with Crippen LogP contribution in [-0.4, -0.2) is 46.1 Å². The van der Waals surface area contributed by atoms with Gasteiger partial charge in [-0.05, 0) is 42.7 Å². The van der Waals surface area contributed by atoms with E-state index in [1.807, 2.05) is 36.7 Å². The Morgan fingerprint density at radius 1 is 1.24 bits per heavy atom. The van der Waals surface area contributed by atoms with Crippen molar-refractivity contribution >= 4 is 11.6 Å². The lowest BCUT2D eigenvalue weighted by Gasteiger charge is -2.40. The number of pyridine rings is 2. The minimum atomic E-state index is -0.0820. The standard InChI is InChI=1S/C19H22N4O2/c24-19(22-16-2-1-6-21-11-16)15-10-18-17(5-9-25-18)23(13-15)12-14-3-7-20-8-4-14/h1-4,6-8,11,15,17-18H,5,9-10,12-13H2,(H,22,24)/t15-,17+,18+/m1/s1. The minimum absolute atomic E-state index is 0.0432. The lowest BCUT2D eigenvalue weighted by Crippen LogP contribution is -2.51. The van der Waals surface area contributed by atoms with Crippen molar-refractivity contribution in [1.29, 1.82) is 0 Å². The van der Waals surface area contributed by atoms with Gasteiger partial charge in [-0.1, -0.05) is 0 Å². The van der Waals surface area contributed by atoms with Gasteiger partial charge < -0.3 is 10.1 Å². The fourth-order valence-corrected chi connectivity index (χ4v) is 3.83. The first-order valence-corrected chi connectivity index (χ1v) is 8.75. The SMILES string of the molecule is O=C(Nc1cccnc1)[C@@H]1C[C@@H]2OCC[C@@H]2N(Cc2ccncc2)C1. The Bertz CT molecular complexity index is 710. The van der Waals surface area contributed by atoms with Crippen molar-refractivity contribution in [3.63, 3.8) is 0 Å². The number of anilines is 1. The summed E-state index contributed by atoms with van der Waals surface area (Å²) in [6, 6.07) is 8.14. The summed E-state index contributed by atoms with van der Waals surface area (Å²) in [5.74, 6) is -0.0388. The largest absolute Gasteiger partial charge is 0.377 e. The molecule has 130 valence electrons. The van der Waals surface area contributed by atoms with Crippen molar-refractivity contribution in [3.05, 3.63) is 54.6 Å². The topological polar surface area (TPSA) is 67.3 Å². The van der Waals surface area contributed by atoms with Crippen LogP contribution in [0.3, 0.4) is 0 Å². The molecule has 2 aliphatic heterocycles. The molecule has 1 N–H and O–H groups in total. The molecule has 4 rings (SSSR count). The van der Waals surface area contributed by atoms with Crippen LogP contribution < -0.4 is 5.32 Å². The third-order valence-corrected chi connectivity index (χ3v) is 5.05. The van der Waals surface area contributed by atoms with Gasteiger partial charge >= 0.3 is 0 Å². The summed E-state index contributed by atoms with van der Waals surface area (Å²) in [5.41, 5.74) is 1.96. The normalized spacial score (nSPS) is 26.2. The quantitative estimate of drug-likeness (QED) is 0.925. The zero-order chi connectivity index (χ0) is 17.1. The Kier molecular flexibility index (Phi) is 4.72. The van der Waals surface area contributed by atoms with Crippen LogP contribution in [0, 0.1) is 5.92 Å². The maximum Gasteiger partial charge on any atom is 0.228 e. The number of nitrogens with zero attached hydrogens (tertiary/aromatic N) is 3. The predicted molar refractivity (Wildman–Crippen MR) is 93.8 cm³/mol. The van der Waals surface area contributed by atoms with Gasteiger partial charge in [0.2, 0.25) is 5.91 Å². The molecule has 0 unspecified atom stereocenters. The third kappa shape index (κ3) is 3.70. The summed E-state index contributed by atoms with van der Waals surface area (Å²) in [5, 5.41) is 2.98. The molecule has 2 aromatic heterocycles. The number of amides is 1. The summed E-state index contributed by atoms with van der Waals surface area (Å²) in [6.07, 6.45) is 8.95. The number of likely N-dealkylation sites (tertiary alicyclic amines) is 1. The number of rotatable bonds is 4. The van der Waals surface area contributed by atoms with Gasteiger partial charge in [0.15, 0.2) is 0 Å².